The molecule has 1 rings (SSSR count). The second kappa shape index (κ2) is 8.89. The molecule has 1 saturated carbocycles. The zero-order valence-corrected chi connectivity index (χ0v) is 13.0. The average Bonchev–Trinajstić information content (AvgIpc) is 2.42. The molecule has 2 N–H and O–H groups in total. The van der Waals surface area contributed by atoms with Crippen LogP contribution in [0.5, 0.6) is 0 Å². The van der Waals surface area contributed by atoms with Crippen LogP contribution in [0, 0.1) is 0 Å². The van der Waals surface area contributed by atoms with Gasteiger partial charge in [-0.15, -0.1) is 0 Å². The summed E-state index contributed by atoms with van der Waals surface area (Å²) in [5.41, 5.74) is 0. The molecule has 0 bridgehead atoms. The molecule has 1 atom stereocenters. The average molecular weight is 292 g/mol. The Bertz CT molecular complexity index is 327. The van der Waals surface area contributed by atoms with Crippen LogP contribution >= 0.6 is 0 Å². The van der Waals surface area contributed by atoms with Gasteiger partial charge in [-0.05, 0) is 26.3 Å². The molecule has 0 amide bonds. The minimum atomic E-state index is -3.23. The fourth-order valence-electron chi connectivity index (χ4n) is 2.24. The van der Waals surface area contributed by atoms with Gasteiger partial charge in [-0.1, -0.05) is 26.2 Å². The fourth-order valence-corrected chi connectivity index (χ4v) is 3.23. The van der Waals surface area contributed by atoms with Crippen molar-refractivity contribution < 1.29 is 13.2 Å². The SMILES string of the molecule is CCNCC(C)S(=O)(=O)NCCOC1CCCCC1. The number of rotatable bonds is 9. The minimum Gasteiger partial charge on any atom is -0.377 e. The van der Waals surface area contributed by atoms with Crippen molar-refractivity contribution in [1.29, 1.82) is 0 Å². The lowest BCUT2D eigenvalue weighted by molar-refractivity contribution is 0.0320. The molecule has 0 heterocycles. The molecule has 5 nitrogen and oxygen atoms in total. The van der Waals surface area contributed by atoms with Crippen molar-refractivity contribution in [1.82, 2.24) is 10.0 Å². The predicted octanol–water partition coefficient (Wildman–Crippen LogP) is 1.25. The summed E-state index contributed by atoms with van der Waals surface area (Å²) in [4.78, 5) is 0. The van der Waals surface area contributed by atoms with E-state index in [4.69, 9.17) is 4.74 Å². The Kier molecular flexibility index (Phi) is 7.90. The Morgan fingerprint density at radius 1 is 1.26 bits per heavy atom. The van der Waals surface area contributed by atoms with E-state index in [0.717, 1.165) is 19.4 Å². The minimum absolute atomic E-state index is 0.331. The number of sulfonamides is 1. The molecule has 6 heteroatoms. The van der Waals surface area contributed by atoms with Gasteiger partial charge in [-0.2, -0.15) is 0 Å². The normalized spacial score (nSPS) is 19.5. The number of ether oxygens (including phenoxy) is 1. The second-order valence-electron chi connectivity index (χ2n) is 5.19. The molecule has 0 aliphatic heterocycles. The first kappa shape index (κ1) is 16.9. The number of hydrogen-bond donors (Lipinski definition) is 2. The molecule has 0 spiro atoms. The monoisotopic (exact) mass is 292 g/mol. The van der Waals surface area contributed by atoms with Gasteiger partial charge in [0, 0.05) is 13.1 Å². The Hall–Kier alpha value is -0.170. The third kappa shape index (κ3) is 6.70. The van der Waals surface area contributed by atoms with Crippen LogP contribution in [0.25, 0.3) is 0 Å². The lowest BCUT2D eigenvalue weighted by Gasteiger charge is -2.22. The molecule has 1 aliphatic carbocycles. The zero-order chi connectivity index (χ0) is 14.1. The molecule has 114 valence electrons. The van der Waals surface area contributed by atoms with Gasteiger partial charge in [-0.3, -0.25) is 0 Å². The van der Waals surface area contributed by atoms with Gasteiger partial charge >= 0.3 is 0 Å². The zero-order valence-electron chi connectivity index (χ0n) is 12.2. The molecule has 0 saturated heterocycles. The Balaban J connectivity index is 2.16. The molecule has 0 radical (unpaired) electrons. The van der Waals surface area contributed by atoms with E-state index in [0.29, 0.717) is 25.8 Å². The molecule has 1 fully saturated rings. The first-order chi connectivity index (χ1) is 9.06. The van der Waals surface area contributed by atoms with Crippen LogP contribution < -0.4 is 10.0 Å². The summed E-state index contributed by atoms with van der Waals surface area (Å²) in [6.45, 7) is 5.78. The maximum absolute atomic E-state index is 11.9. The number of nitrogens with one attached hydrogen (secondary N) is 2. The highest BCUT2D eigenvalue weighted by molar-refractivity contribution is 7.90. The molecule has 0 aromatic carbocycles. The van der Waals surface area contributed by atoms with Gasteiger partial charge in [0.1, 0.15) is 0 Å². The van der Waals surface area contributed by atoms with Crippen molar-refractivity contribution in [2.75, 3.05) is 26.2 Å². The van der Waals surface area contributed by atoms with Crippen LogP contribution in [-0.2, 0) is 14.8 Å². The van der Waals surface area contributed by atoms with E-state index in [9.17, 15) is 8.42 Å². The van der Waals surface area contributed by atoms with Crippen LogP contribution in [0.4, 0.5) is 0 Å². The standard InChI is InChI=1S/C13H28N2O3S/c1-3-14-11-12(2)19(16,17)15-9-10-18-13-7-5-4-6-8-13/h12-15H,3-11H2,1-2H3. The van der Waals surface area contributed by atoms with Crippen molar-refractivity contribution in [3.05, 3.63) is 0 Å². The summed E-state index contributed by atoms with van der Waals surface area (Å²) in [7, 11) is -3.23. The molecule has 1 aliphatic rings. The van der Waals surface area contributed by atoms with E-state index in [-0.39, 0.29) is 0 Å². The van der Waals surface area contributed by atoms with Gasteiger partial charge in [0.15, 0.2) is 0 Å². The lowest BCUT2D eigenvalue weighted by Crippen LogP contribution is -2.40. The third-order valence-electron chi connectivity index (χ3n) is 3.52. The maximum Gasteiger partial charge on any atom is 0.215 e. The third-order valence-corrected chi connectivity index (χ3v) is 5.36. The van der Waals surface area contributed by atoms with Crippen molar-refractivity contribution in [3.8, 4) is 0 Å². The van der Waals surface area contributed by atoms with Crippen LogP contribution in [0.3, 0.4) is 0 Å². The molecule has 0 aromatic rings. The first-order valence-electron chi connectivity index (χ1n) is 7.37. The van der Waals surface area contributed by atoms with Crippen LogP contribution in [0.15, 0.2) is 0 Å². The highest BCUT2D eigenvalue weighted by Crippen LogP contribution is 2.19. The smallest absolute Gasteiger partial charge is 0.215 e. The largest absolute Gasteiger partial charge is 0.377 e. The molecular weight excluding hydrogens is 264 g/mol. The van der Waals surface area contributed by atoms with Gasteiger partial charge in [0.25, 0.3) is 0 Å². The highest BCUT2D eigenvalue weighted by Gasteiger charge is 2.19. The fraction of sp³-hybridized carbons (Fsp3) is 1.00. The second-order valence-corrected chi connectivity index (χ2v) is 7.37. The Morgan fingerprint density at radius 2 is 1.95 bits per heavy atom. The highest BCUT2D eigenvalue weighted by atomic mass is 32.2. The molecule has 1 unspecified atom stereocenters. The van der Waals surface area contributed by atoms with E-state index >= 15 is 0 Å². The van der Waals surface area contributed by atoms with Crippen molar-refractivity contribution >= 4 is 10.0 Å². The predicted molar refractivity (Wildman–Crippen MR) is 77.8 cm³/mol. The van der Waals surface area contributed by atoms with E-state index in [1.165, 1.54) is 19.3 Å². The first-order valence-corrected chi connectivity index (χ1v) is 8.91. The van der Waals surface area contributed by atoms with E-state index in [2.05, 4.69) is 10.0 Å². The Morgan fingerprint density at radius 3 is 2.58 bits per heavy atom. The topological polar surface area (TPSA) is 67.4 Å². The van der Waals surface area contributed by atoms with Gasteiger partial charge < -0.3 is 10.1 Å². The van der Waals surface area contributed by atoms with Crippen molar-refractivity contribution in [2.24, 2.45) is 0 Å². The lowest BCUT2D eigenvalue weighted by atomic mass is 9.98. The van der Waals surface area contributed by atoms with E-state index in [1.54, 1.807) is 6.92 Å². The van der Waals surface area contributed by atoms with E-state index < -0.39 is 15.3 Å². The van der Waals surface area contributed by atoms with Crippen LogP contribution in [0.1, 0.15) is 46.0 Å². The van der Waals surface area contributed by atoms with Gasteiger partial charge in [0.05, 0.1) is 18.0 Å². The van der Waals surface area contributed by atoms with Gasteiger partial charge in [0.2, 0.25) is 10.0 Å². The van der Waals surface area contributed by atoms with Crippen LogP contribution in [-0.4, -0.2) is 46.0 Å². The van der Waals surface area contributed by atoms with Crippen LogP contribution in [0.2, 0.25) is 0 Å². The summed E-state index contributed by atoms with van der Waals surface area (Å²) >= 11 is 0. The van der Waals surface area contributed by atoms with E-state index in [1.807, 2.05) is 6.92 Å². The summed E-state index contributed by atoms with van der Waals surface area (Å²) in [6, 6.07) is 0. The Labute approximate surface area is 117 Å². The number of hydrogen-bond acceptors (Lipinski definition) is 4. The molecule has 0 aromatic heterocycles. The maximum atomic E-state index is 11.9. The summed E-state index contributed by atoms with van der Waals surface area (Å²) in [5.74, 6) is 0. The van der Waals surface area contributed by atoms with Gasteiger partial charge in [-0.25, -0.2) is 13.1 Å². The van der Waals surface area contributed by atoms with Crippen molar-refractivity contribution in [3.63, 3.8) is 0 Å². The summed E-state index contributed by atoms with van der Waals surface area (Å²) in [6.07, 6.45) is 6.32. The van der Waals surface area contributed by atoms with Crippen molar-refractivity contribution in [2.45, 2.75) is 57.3 Å². The molecule has 19 heavy (non-hydrogen) atoms. The summed E-state index contributed by atoms with van der Waals surface area (Å²) < 4.78 is 32.1. The molecular formula is C13H28N2O3S. The summed E-state index contributed by atoms with van der Waals surface area (Å²) in [5, 5.41) is 2.63. The quantitative estimate of drug-likeness (QED) is 0.628.